The third kappa shape index (κ3) is 2.70. The van der Waals surface area contributed by atoms with Gasteiger partial charge in [-0.3, -0.25) is 15.1 Å². The Morgan fingerprint density at radius 1 is 1.40 bits per heavy atom. The number of benzene rings is 1. The summed E-state index contributed by atoms with van der Waals surface area (Å²) < 4.78 is 5.68. The summed E-state index contributed by atoms with van der Waals surface area (Å²) in [6, 6.07) is 7.10. The van der Waals surface area contributed by atoms with Crippen molar-refractivity contribution in [2.75, 3.05) is 13.2 Å². The van der Waals surface area contributed by atoms with Crippen LogP contribution in [0, 0.1) is 10.1 Å². The van der Waals surface area contributed by atoms with Gasteiger partial charge >= 0.3 is 0 Å². The zero-order valence-electron chi connectivity index (χ0n) is 10.9. The van der Waals surface area contributed by atoms with Gasteiger partial charge in [-0.15, -0.1) is 0 Å². The first-order valence-corrected chi connectivity index (χ1v) is 6.64. The van der Waals surface area contributed by atoms with Crippen LogP contribution < -0.4 is 10.1 Å². The summed E-state index contributed by atoms with van der Waals surface area (Å²) in [6.07, 6.45) is 4.09. The second-order valence-corrected chi connectivity index (χ2v) is 4.82. The Kier molecular flexibility index (Phi) is 3.47. The Bertz CT molecular complexity index is 641. The maximum atomic E-state index is 11.0. The lowest BCUT2D eigenvalue weighted by Crippen LogP contribution is -2.22. The lowest BCUT2D eigenvalue weighted by atomic mass is 10.1. The molecule has 1 aromatic heterocycles. The fraction of sp³-hybridized carbons (Fsp3) is 0.357. The molecule has 1 aromatic carbocycles. The molecule has 104 valence electrons. The maximum Gasteiger partial charge on any atom is 0.279 e. The second kappa shape index (κ2) is 5.42. The molecule has 6 nitrogen and oxygen atoms in total. The van der Waals surface area contributed by atoms with Gasteiger partial charge in [-0.05, 0) is 31.0 Å². The molecule has 3 rings (SSSR count). The number of aromatic nitrogens is 1. The Hall–Kier alpha value is -2.21. The Labute approximate surface area is 115 Å². The maximum absolute atomic E-state index is 11.0. The van der Waals surface area contributed by atoms with Crippen molar-refractivity contribution in [2.24, 2.45) is 0 Å². The SMILES string of the molecule is O=[N+]([O-])c1ccc(OCCNC2CC2)c2ncccc12. The van der Waals surface area contributed by atoms with Gasteiger partial charge in [-0.25, -0.2) is 0 Å². The highest BCUT2D eigenvalue weighted by Gasteiger charge is 2.20. The monoisotopic (exact) mass is 273 g/mol. The van der Waals surface area contributed by atoms with Crippen LogP contribution in [0.3, 0.4) is 0 Å². The summed E-state index contributed by atoms with van der Waals surface area (Å²) >= 11 is 0. The predicted molar refractivity (Wildman–Crippen MR) is 74.9 cm³/mol. The summed E-state index contributed by atoms with van der Waals surface area (Å²) in [4.78, 5) is 14.8. The van der Waals surface area contributed by atoms with Crippen molar-refractivity contribution in [1.82, 2.24) is 10.3 Å². The summed E-state index contributed by atoms with van der Waals surface area (Å²) in [7, 11) is 0. The predicted octanol–water partition coefficient (Wildman–Crippen LogP) is 2.27. The number of nitrogens with zero attached hydrogens (tertiary/aromatic N) is 2. The van der Waals surface area contributed by atoms with Gasteiger partial charge in [-0.2, -0.15) is 0 Å². The summed E-state index contributed by atoms with van der Waals surface area (Å²) in [6.45, 7) is 1.30. The van der Waals surface area contributed by atoms with Crippen molar-refractivity contribution < 1.29 is 9.66 Å². The normalized spacial score (nSPS) is 14.4. The van der Waals surface area contributed by atoms with Crippen LogP contribution in [0.25, 0.3) is 10.9 Å². The topological polar surface area (TPSA) is 77.3 Å². The van der Waals surface area contributed by atoms with E-state index >= 15 is 0 Å². The highest BCUT2D eigenvalue weighted by atomic mass is 16.6. The minimum Gasteiger partial charge on any atom is -0.490 e. The lowest BCUT2D eigenvalue weighted by Gasteiger charge is -2.09. The summed E-state index contributed by atoms with van der Waals surface area (Å²) in [5.41, 5.74) is 0.588. The van der Waals surface area contributed by atoms with Crippen LogP contribution in [-0.2, 0) is 0 Å². The molecule has 1 N–H and O–H groups in total. The molecule has 1 aliphatic rings. The number of pyridine rings is 1. The molecule has 0 aliphatic heterocycles. The standard InChI is InChI=1S/C14H15N3O3/c18-17(19)12-5-6-13(14-11(12)2-1-7-16-14)20-9-8-15-10-3-4-10/h1-2,5-7,10,15H,3-4,8-9H2. The van der Waals surface area contributed by atoms with Crippen molar-refractivity contribution in [3.05, 3.63) is 40.6 Å². The van der Waals surface area contributed by atoms with E-state index in [4.69, 9.17) is 4.74 Å². The van der Waals surface area contributed by atoms with Gasteiger partial charge in [0.15, 0.2) is 0 Å². The molecule has 0 radical (unpaired) electrons. The zero-order valence-corrected chi connectivity index (χ0v) is 10.9. The summed E-state index contributed by atoms with van der Waals surface area (Å²) in [5.74, 6) is 0.587. The van der Waals surface area contributed by atoms with E-state index in [0.717, 1.165) is 6.54 Å². The lowest BCUT2D eigenvalue weighted by molar-refractivity contribution is -0.383. The molecule has 0 bridgehead atoms. The third-order valence-corrected chi connectivity index (χ3v) is 3.28. The molecule has 1 heterocycles. The fourth-order valence-electron chi connectivity index (χ4n) is 2.12. The summed E-state index contributed by atoms with van der Waals surface area (Å²) in [5, 5.41) is 14.9. The van der Waals surface area contributed by atoms with E-state index in [-0.39, 0.29) is 5.69 Å². The molecule has 1 saturated carbocycles. The molecule has 0 amide bonds. The first-order chi connectivity index (χ1) is 9.75. The first kappa shape index (κ1) is 12.8. The molecule has 0 unspecified atom stereocenters. The number of nitro groups is 1. The zero-order chi connectivity index (χ0) is 13.9. The van der Waals surface area contributed by atoms with Crippen LogP contribution in [0.15, 0.2) is 30.5 Å². The van der Waals surface area contributed by atoms with Gasteiger partial charge < -0.3 is 10.1 Å². The number of nitrogens with one attached hydrogen (secondary N) is 1. The fourth-order valence-corrected chi connectivity index (χ4v) is 2.12. The number of hydrogen-bond acceptors (Lipinski definition) is 5. The molecular weight excluding hydrogens is 258 g/mol. The number of nitro benzene ring substituents is 1. The van der Waals surface area contributed by atoms with Crippen LogP contribution in [-0.4, -0.2) is 29.1 Å². The molecule has 0 atom stereocenters. The average Bonchev–Trinajstić information content (AvgIpc) is 3.27. The largest absolute Gasteiger partial charge is 0.490 e. The van der Waals surface area contributed by atoms with Gasteiger partial charge in [0, 0.05) is 24.8 Å². The Balaban J connectivity index is 1.79. The molecule has 20 heavy (non-hydrogen) atoms. The van der Waals surface area contributed by atoms with Crippen molar-refractivity contribution >= 4 is 16.6 Å². The van der Waals surface area contributed by atoms with Crippen LogP contribution in [0.4, 0.5) is 5.69 Å². The first-order valence-electron chi connectivity index (χ1n) is 6.64. The number of fused-ring (bicyclic) bond motifs is 1. The highest BCUT2D eigenvalue weighted by molar-refractivity contribution is 5.92. The van der Waals surface area contributed by atoms with Crippen molar-refractivity contribution in [2.45, 2.75) is 18.9 Å². The van der Waals surface area contributed by atoms with Crippen molar-refractivity contribution in [3.63, 3.8) is 0 Å². The quantitative estimate of drug-likeness (QED) is 0.496. The molecule has 6 heteroatoms. The average molecular weight is 273 g/mol. The van der Waals surface area contributed by atoms with Gasteiger partial charge in [-0.1, -0.05) is 0 Å². The van der Waals surface area contributed by atoms with E-state index in [1.54, 1.807) is 24.4 Å². The van der Waals surface area contributed by atoms with E-state index in [9.17, 15) is 10.1 Å². The minimum atomic E-state index is -0.400. The molecule has 1 fully saturated rings. The van der Waals surface area contributed by atoms with Gasteiger partial charge in [0.25, 0.3) is 5.69 Å². The van der Waals surface area contributed by atoms with E-state index < -0.39 is 4.92 Å². The molecule has 0 spiro atoms. The van der Waals surface area contributed by atoms with E-state index in [1.165, 1.54) is 18.9 Å². The molecule has 1 aliphatic carbocycles. The molecular formula is C14H15N3O3. The molecule has 0 saturated heterocycles. The van der Waals surface area contributed by atoms with E-state index in [0.29, 0.717) is 29.3 Å². The Morgan fingerprint density at radius 2 is 2.25 bits per heavy atom. The van der Waals surface area contributed by atoms with Crippen molar-refractivity contribution in [1.29, 1.82) is 0 Å². The van der Waals surface area contributed by atoms with E-state index in [2.05, 4.69) is 10.3 Å². The smallest absolute Gasteiger partial charge is 0.279 e. The molecule has 2 aromatic rings. The minimum absolute atomic E-state index is 0.0524. The number of hydrogen-bond donors (Lipinski definition) is 1. The van der Waals surface area contributed by atoms with Gasteiger partial charge in [0.1, 0.15) is 17.9 Å². The van der Waals surface area contributed by atoms with Crippen LogP contribution in [0.2, 0.25) is 0 Å². The second-order valence-electron chi connectivity index (χ2n) is 4.82. The number of ether oxygens (including phenoxy) is 1. The van der Waals surface area contributed by atoms with Crippen LogP contribution in [0.5, 0.6) is 5.75 Å². The van der Waals surface area contributed by atoms with Crippen LogP contribution in [0.1, 0.15) is 12.8 Å². The third-order valence-electron chi connectivity index (χ3n) is 3.28. The van der Waals surface area contributed by atoms with Crippen molar-refractivity contribution in [3.8, 4) is 5.75 Å². The number of non-ortho nitro benzene ring substituents is 1. The highest BCUT2D eigenvalue weighted by Crippen LogP contribution is 2.31. The van der Waals surface area contributed by atoms with E-state index in [1.807, 2.05) is 0 Å². The van der Waals surface area contributed by atoms with Gasteiger partial charge in [0.05, 0.1) is 10.3 Å². The van der Waals surface area contributed by atoms with Gasteiger partial charge in [0.2, 0.25) is 0 Å². The number of rotatable bonds is 6. The van der Waals surface area contributed by atoms with Crippen LogP contribution >= 0.6 is 0 Å². The Morgan fingerprint density at radius 3 is 3.00 bits per heavy atom.